The number of nitrogens with one attached hydrogen (secondary N) is 1. The minimum atomic E-state index is -3.33. The molecule has 0 aromatic carbocycles. The normalized spacial score (nSPS) is 19.7. The van der Waals surface area contributed by atoms with Crippen LogP contribution in [0.4, 0.5) is 5.82 Å². The zero-order chi connectivity index (χ0) is 14.8. The van der Waals surface area contributed by atoms with Crippen molar-refractivity contribution in [3.8, 4) is 0 Å². The van der Waals surface area contributed by atoms with Gasteiger partial charge in [-0.15, -0.1) is 0 Å². The lowest BCUT2D eigenvalue weighted by Gasteiger charge is -2.33. The summed E-state index contributed by atoms with van der Waals surface area (Å²) < 4.78 is 23.6. The summed E-state index contributed by atoms with van der Waals surface area (Å²) >= 11 is 1.53. The van der Waals surface area contributed by atoms with E-state index in [0.717, 1.165) is 6.26 Å². The van der Waals surface area contributed by atoms with Crippen molar-refractivity contribution in [2.75, 3.05) is 29.7 Å². The van der Waals surface area contributed by atoms with E-state index in [0.29, 0.717) is 23.9 Å². The fraction of sp³-hybridized carbons (Fsp3) is 0.455. The number of anilines is 1. The van der Waals surface area contributed by atoms with Crippen molar-refractivity contribution in [3.05, 3.63) is 23.9 Å². The Morgan fingerprint density at radius 3 is 2.95 bits per heavy atom. The molecule has 110 valence electrons. The van der Waals surface area contributed by atoms with Gasteiger partial charge in [0, 0.05) is 24.3 Å². The van der Waals surface area contributed by atoms with Crippen molar-refractivity contribution in [2.45, 2.75) is 5.37 Å². The van der Waals surface area contributed by atoms with E-state index in [1.807, 2.05) is 0 Å². The molecular weight excluding hydrogens is 300 g/mol. The van der Waals surface area contributed by atoms with Crippen LogP contribution < -0.4 is 11.3 Å². The molecule has 1 unspecified atom stereocenters. The molecule has 0 saturated carbocycles. The van der Waals surface area contributed by atoms with Crippen LogP contribution in [0, 0.1) is 0 Å². The molecule has 1 fully saturated rings. The maximum Gasteiger partial charge on any atom is 0.273 e. The molecule has 1 saturated heterocycles. The molecule has 1 aliphatic heterocycles. The third kappa shape index (κ3) is 3.22. The van der Waals surface area contributed by atoms with Crippen molar-refractivity contribution < 1.29 is 13.2 Å². The fourth-order valence-electron chi connectivity index (χ4n) is 1.95. The lowest BCUT2D eigenvalue weighted by molar-refractivity contribution is 0.0744. The number of sulfone groups is 1. The Bertz CT molecular complexity index is 605. The minimum absolute atomic E-state index is 0.181. The number of carbonyl (C=O) groups excluding carboxylic acids is 1. The van der Waals surface area contributed by atoms with Crippen LogP contribution in [0.3, 0.4) is 0 Å². The Hall–Kier alpha value is -1.32. The van der Waals surface area contributed by atoms with E-state index >= 15 is 0 Å². The number of nitrogens with two attached hydrogens (primary N) is 1. The third-order valence-corrected chi connectivity index (χ3v) is 5.60. The van der Waals surface area contributed by atoms with Crippen LogP contribution in [0.25, 0.3) is 0 Å². The summed E-state index contributed by atoms with van der Waals surface area (Å²) in [6.07, 6.45) is 1.15. The highest BCUT2D eigenvalue weighted by molar-refractivity contribution is 8.00. The monoisotopic (exact) mass is 316 g/mol. The number of nitrogens with zero attached hydrogens (tertiary/aromatic N) is 2. The van der Waals surface area contributed by atoms with E-state index < -0.39 is 21.1 Å². The van der Waals surface area contributed by atoms with Crippen molar-refractivity contribution in [3.63, 3.8) is 0 Å². The van der Waals surface area contributed by atoms with E-state index in [-0.39, 0.29) is 5.69 Å². The van der Waals surface area contributed by atoms with E-state index in [9.17, 15) is 13.2 Å². The van der Waals surface area contributed by atoms with Gasteiger partial charge in [-0.2, -0.15) is 11.8 Å². The van der Waals surface area contributed by atoms with Gasteiger partial charge in [0.25, 0.3) is 5.91 Å². The second-order valence-electron chi connectivity index (χ2n) is 4.41. The highest BCUT2D eigenvalue weighted by Gasteiger charge is 2.35. The number of hydrogen-bond acceptors (Lipinski definition) is 7. The molecule has 1 aromatic rings. The summed E-state index contributed by atoms with van der Waals surface area (Å²) in [6, 6.07) is 4.81. The fourth-order valence-corrected chi connectivity index (χ4v) is 4.76. The van der Waals surface area contributed by atoms with Gasteiger partial charge in [0.05, 0.1) is 0 Å². The second kappa shape index (κ2) is 5.98. The van der Waals surface area contributed by atoms with Gasteiger partial charge in [-0.3, -0.25) is 4.79 Å². The highest BCUT2D eigenvalue weighted by Crippen LogP contribution is 2.22. The lowest BCUT2D eigenvalue weighted by atomic mass is 10.3. The molecule has 0 spiro atoms. The van der Waals surface area contributed by atoms with E-state index in [4.69, 9.17) is 5.84 Å². The van der Waals surface area contributed by atoms with E-state index in [1.165, 1.54) is 16.7 Å². The van der Waals surface area contributed by atoms with Crippen LogP contribution in [0.2, 0.25) is 0 Å². The molecule has 20 heavy (non-hydrogen) atoms. The van der Waals surface area contributed by atoms with Gasteiger partial charge in [-0.25, -0.2) is 19.2 Å². The maximum absolute atomic E-state index is 12.4. The number of rotatable bonds is 3. The zero-order valence-electron chi connectivity index (χ0n) is 10.9. The van der Waals surface area contributed by atoms with Crippen LogP contribution >= 0.6 is 11.8 Å². The first-order chi connectivity index (χ1) is 9.43. The molecule has 2 rings (SSSR count). The summed E-state index contributed by atoms with van der Waals surface area (Å²) in [5, 5.41) is -0.801. The molecule has 7 nitrogen and oxygen atoms in total. The number of carbonyl (C=O) groups is 1. The second-order valence-corrected chi connectivity index (χ2v) is 7.76. The summed E-state index contributed by atoms with van der Waals surface area (Å²) in [6.45, 7) is 0.392. The summed E-state index contributed by atoms with van der Waals surface area (Å²) in [4.78, 5) is 17.9. The number of thioether (sulfide) groups is 1. The van der Waals surface area contributed by atoms with Crippen LogP contribution in [0.1, 0.15) is 10.5 Å². The molecule has 0 bridgehead atoms. The topological polar surface area (TPSA) is 105 Å². The van der Waals surface area contributed by atoms with Crippen molar-refractivity contribution >= 4 is 33.3 Å². The molecule has 1 aromatic heterocycles. The predicted molar refractivity (Wildman–Crippen MR) is 79.0 cm³/mol. The number of nitrogen functional groups attached to an aromatic ring is 1. The Morgan fingerprint density at radius 2 is 2.30 bits per heavy atom. The standard InChI is InChI=1S/C11H16N4O3S2/c1-20(17,18)10-7-19-6-5-15(10)11(16)8-3-2-4-9(13-8)14-12/h2-4,10H,5-7,12H2,1H3,(H,13,14). The average Bonchev–Trinajstić information content (AvgIpc) is 2.45. The number of amides is 1. The quantitative estimate of drug-likeness (QED) is 0.594. The third-order valence-electron chi connectivity index (χ3n) is 2.96. The number of hydrogen-bond donors (Lipinski definition) is 2. The summed E-state index contributed by atoms with van der Waals surface area (Å²) in [5.74, 6) is 6.33. The smallest absolute Gasteiger partial charge is 0.273 e. The van der Waals surface area contributed by atoms with Crippen molar-refractivity contribution in [2.24, 2.45) is 5.84 Å². The molecule has 0 aliphatic carbocycles. The number of aromatic nitrogens is 1. The SMILES string of the molecule is CS(=O)(=O)C1CSCCN1C(=O)c1cccc(NN)n1. The molecule has 2 heterocycles. The van der Waals surface area contributed by atoms with Crippen LogP contribution in [-0.4, -0.2) is 53.9 Å². The predicted octanol–water partition coefficient (Wildman–Crippen LogP) is -0.0731. The first-order valence-electron chi connectivity index (χ1n) is 5.94. The summed E-state index contributed by atoms with van der Waals surface area (Å²) in [7, 11) is -3.33. The lowest BCUT2D eigenvalue weighted by Crippen LogP contribution is -2.50. The maximum atomic E-state index is 12.4. The molecular formula is C11H16N4O3S2. The Labute approximate surface area is 121 Å². The molecule has 1 amide bonds. The molecule has 9 heteroatoms. The van der Waals surface area contributed by atoms with Gasteiger partial charge >= 0.3 is 0 Å². The van der Waals surface area contributed by atoms with Gasteiger partial charge in [0.15, 0.2) is 9.84 Å². The van der Waals surface area contributed by atoms with Gasteiger partial charge < -0.3 is 10.3 Å². The molecule has 0 radical (unpaired) electrons. The van der Waals surface area contributed by atoms with Gasteiger partial charge in [-0.05, 0) is 12.1 Å². The van der Waals surface area contributed by atoms with Crippen LogP contribution in [-0.2, 0) is 9.84 Å². The minimum Gasteiger partial charge on any atom is -0.319 e. The van der Waals surface area contributed by atoms with Crippen molar-refractivity contribution in [1.82, 2.24) is 9.88 Å². The summed E-state index contributed by atoms with van der Waals surface area (Å²) in [5.41, 5.74) is 2.54. The molecule has 1 atom stereocenters. The van der Waals surface area contributed by atoms with Gasteiger partial charge in [0.2, 0.25) is 0 Å². The van der Waals surface area contributed by atoms with E-state index in [2.05, 4.69) is 10.4 Å². The number of pyridine rings is 1. The Morgan fingerprint density at radius 1 is 1.55 bits per heavy atom. The van der Waals surface area contributed by atoms with Crippen molar-refractivity contribution in [1.29, 1.82) is 0 Å². The van der Waals surface area contributed by atoms with E-state index in [1.54, 1.807) is 18.2 Å². The first-order valence-corrected chi connectivity index (χ1v) is 9.05. The Balaban J connectivity index is 2.30. The molecule has 1 aliphatic rings. The van der Waals surface area contributed by atoms with Crippen LogP contribution in [0.15, 0.2) is 18.2 Å². The van der Waals surface area contributed by atoms with Gasteiger partial charge in [0.1, 0.15) is 16.9 Å². The molecule has 3 N–H and O–H groups in total. The largest absolute Gasteiger partial charge is 0.319 e. The van der Waals surface area contributed by atoms with Crippen LogP contribution in [0.5, 0.6) is 0 Å². The average molecular weight is 316 g/mol. The Kier molecular flexibility index (Phi) is 4.51. The zero-order valence-corrected chi connectivity index (χ0v) is 12.6. The highest BCUT2D eigenvalue weighted by atomic mass is 32.2. The number of hydrazine groups is 1. The first kappa shape index (κ1) is 15.1. The van der Waals surface area contributed by atoms with Gasteiger partial charge in [-0.1, -0.05) is 6.07 Å².